The van der Waals surface area contributed by atoms with Crippen molar-refractivity contribution >= 4 is 12.2 Å². The van der Waals surface area contributed by atoms with Gasteiger partial charge < -0.3 is 9.47 Å². The number of hydrogen-bond acceptors (Lipinski definition) is 4. The summed E-state index contributed by atoms with van der Waals surface area (Å²) in [5.74, 6) is 1.53. The summed E-state index contributed by atoms with van der Waals surface area (Å²) in [5, 5.41) is 0. The Hall–Kier alpha value is -2.36. The largest absolute Gasteiger partial charge is 0.497 e. The maximum atomic E-state index is 5.31. The molecule has 0 aliphatic heterocycles. The van der Waals surface area contributed by atoms with Crippen LogP contribution in [-0.4, -0.2) is 24.2 Å². The second kappa shape index (κ2) is 5.82. The molecule has 1 aromatic heterocycles. The molecule has 92 valence electrons. The Labute approximate surface area is 106 Å². The van der Waals surface area contributed by atoms with Gasteiger partial charge in [-0.3, -0.25) is 0 Å². The van der Waals surface area contributed by atoms with E-state index in [2.05, 4.69) is 9.97 Å². The lowest BCUT2D eigenvalue weighted by atomic mass is 10.1. The summed E-state index contributed by atoms with van der Waals surface area (Å²) < 4.78 is 10.5. The molecule has 0 spiro atoms. The van der Waals surface area contributed by atoms with Crippen LogP contribution >= 0.6 is 0 Å². The first-order chi connectivity index (χ1) is 8.83. The summed E-state index contributed by atoms with van der Waals surface area (Å²) in [7, 11) is 3.27. The van der Waals surface area contributed by atoms with Gasteiger partial charge in [-0.05, 0) is 30.4 Å². The molecular formula is C14H14N2O2. The van der Waals surface area contributed by atoms with Crippen molar-refractivity contribution < 1.29 is 9.47 Å². The van der Waals surface area contributed by atoms with Crippen LogP contribution in [0.4, 0.5) is 0 Å². The summed E-state index contributed by atoms with van der Waals surface area (Å²) in [6.07, 6.45) is 7.08. The first-order valence-electron chi connectivity index (χ1n) is 5.49. The lowest BCUT2D eigenvalue weighted by molar-refractivity contribution is 0.394. The molecule has 0 unspecified atom stereocenters. The second-order valence-electron chi connectivity index (χ2n) is 3.58. The van der Waals surface area contributed by atoms with E-state index in [0.29, 0.717) is 0 Å². The highest BCUT2D eigenvalue weighted by atomic mass is 16.5. The quantitative estimate of drug-likeness (QED) is 0.826. The lowest BCUT2D eigenvalue weighted by Crippen LogP contribution is -1.89. The van der Waals surface area contributed by atoms with Crippen molar-refractivity contribution in [2.45, 2.75) is 0 Å². The average molecular weight is 242 g/mol. The minimum absolute atomic E-state index is 0.764. The molecule has 0 saturated heterocycles. The molecule has 0 aliphatic rings. The van der Waals surface area contributed by atoms with Crippen LogP contribution < -0.4 is 9.47 Å². The van der Waals surface area contributed by atoms with Crippen molar-refractivity contribution in [3.05, 3.63) is 48.0 Å². The van der Waals surface area contributed by atoms with Crippen molar-refractivity contribution in [1.29, 1.82) is 0 Å². The average Bonchev–Trinajstić information content (AvgIpc) is 2.46. The van der Waals surface area contributed by atoms with Gasteiger partial charge in [-0.25, -0.2) is 9.97 Å². The molecule has 0 atom stereocenters. The number of aromatic nitrogens is 2. The van der Waals surface area contributed by atoms with Crippen LogP contribution in [0.5, 0.6) is 11.5 Å². The SMILES string of the molecule is COc1ccc(/C=C/c2ccncn2)c(OC)c1. The van der Waals surface area contributed by atoms with Crippen molar-refractivity contribution in [2.24, 2.45) is 0 Å². The monoisotopic (exact) mass is 242 g/mol. The van der Waals surface area contributed by atoms with Crippen molar-refractivity contribution in [3.8, 4) is 11.5 Å². The zero-order valence-corrected chi connectivity index (χ0v) is 10.3. The summed E-state index contributed by atoms with van der Waals surface area (Å²) in [6, 6.07) is 7.52. The van der Waals surface area contributed by atoms with E-state index in [4.69, 9.17) is 9.47 Å². The van der Waals surface area contributed by atoms with Gasteiger partial charge in [0.2, 0.25) is 0 Å². The molecule has 0 fully saturated rings. The van der Waals surface area contributed by atoms with Crippen LogP contribution in [0, 0.1) is 0 Å². The molecular weight excluding hydrogens is 228 g/mol. The minimum Gasteiger partial charge on any atom is -0.497 e. The zero-order chi connectivity index (χ0) is 12.8. The maximum absolute atomic E-state index is 5.31. The normalized spacial score (nSPS) is 10.6. The van der Waals surface area contributed by atoms with Crippen molar-refractivity contribution in [1.82, 2.24) is 9.97 Å². The van der Waals surface area contributed by atoms with Crippen molar-refractivity contribution in [2.75, 3.05) is 14.2 Å². The van der Waals surface area contributed by atoms with Crippen LogP contribution in [0.15, 0.2) is 36.8 Å². The molecule has 0 aliphatic carbocycles. The molecule has 1 aromatic carbocycles. The van der Waals surface area contributed by atoms with Gasteiger partial charge in [0.05, 0.1) is 19.9 Å². The predicted octanol–water partition coefficient (Wildman–Crippen LogP) is 2.66. The van der Waals surface area contributed by atoms with Crippen LogP contribution in [0.2, 0.25) is 0 Å². The van der Waals surface area contributed by atoms with Crippen LogP contribution in [0.25, 0.3) is 12.2 Å². The van der Waals surface area contributed by atoms with E-state index in [1.54, 1.807) is 20.4 Å². The third-order valence-electron chi connectivity index (χ3n) is 2.48. The van der Waals surface area contributed by atoms with Crippen molar-refractivity contribution in [3.63, 3.8) is 0 Å². The maximum Gasteiger partial charge on any atom is 0.129 e. The number of ether oxygens (including phenoxy) is 2. The molecule has 0 N–H and O–H groups in total. The molecule has 4 nitrogen and oxygen atoms in total. The Bertz CT molecular complexity index is 539. The first-order valence-corrected chi connectivity index (χ1v) is 5.49. The molecule has 0 amide bonds. The van der Waals surface area contributed by atoms with Gasteiger partial charge in [-0.1, -0.05) is 0 Å². The first kappa shape index (κ1) is 12.1. The van der Waals surface area contributed by atoms with Gasteiger partial charge >= 0.3 is 0 Å². The highest BCUT2D eigenvalue weighted by Crippen LogP contribution is 2.25. The van der Waals surface area contributed by atoms with Gasteiger partial charge in [0.25, 0.3) is 0 Å². The fourth-order valence-electron chi connectivity index (χ4n) is 1.53. The summed E-state index contributed by atoms with van der Waals surface area (Å²) in [4.78, 5) is 7.99. The summed E-state index contributed by atoms with van der Waals surface area (Å²) in [5.41, 5.74) is 1.82. The molecule has 4 heteroatoms. The number of rotatable bonds is 4. The van der Waals surface area contributed by atoms with E-state index in [0.717, 1.165) is 22.8 Å². The molecule has 1 heterocycles. The Morgan fingerprint density at radius 1 is 1.06 bits per heavy atom. The van der Waals surface area contributed by atoms with Crippen LogP contribution in [0.1, 0.15) is 11.3 Å². The van der Waals surface area contributed by atoms with Crippen LogP contribution in [-0.2, 0) is 0 Å². The molecule has 2 rings (SSSR count). The van der Waals surface area contributed by atoms with E-state index in [9.17, 15) is 0 Å². The number of methoxy groups -OCH3 is 2. The number of hydrogen-bond donors (Lipinski definition) is 0. The highest BCUT2D eigenvalue weighted by Gasteiger charge is 2.01. The van der Waals surface area contributed by atoms with E-state index in [1.165, 1.54) is 6.33 Å². The van der Waals surface area contributed by atoms with E-state index in [1.807, 2.05) is 36.4 Å². The Balaban J connectivity index is 2.26. The zero-order valence-electron chi connectivity index (χ0n) is 10.3. The number of nitrogens with zero attached hydrogens (tertiary/aromatic N) is 2. The van der Waals surface area contributed by atoms with Gasteiger partial charge in [0.15, 0.2) is 0 Å². The third kappa shape index (κ3) is 2.85. The Morgan fingerprint density at radius 2 is 1.94 bits per heavy atom. The lowest BCUT2D eigenvalue weighted by Gasteiger charge is -2.07. The van der Waals surface area contributed by atoms with E-state index in [-0.39, 0.29) is 0 Å². The Morgan fingerprint density at radius 3 is 2.61 bits per heavy atom. The summed E-state index contributed by atoms with van der Waals surface area (Å²) >= 11 is 0. The topological polar surface area (TPSA) is 44.2 Å². The Kier molecular flexibility index (Phi) is 3.91. The predicted molar refractivity (Wildman–Crippen MR) is 70.5 cm³/mol. The molecule has 0 bridgehead atoms. The molecule has 2 aromatic rings. The van der Waals surface area contributed by atoms with Gasteiger partial charge in [-0.15, -0.1) is 0 Å². The van der Waals surface area contributed by atoms with E-state index < -0.39 is 0 Å². The van der Waals surface area contributed by atoms with Gasteiger partial charge in [0.1, 0.15) is 17.8 Å². The van der Waals surface area contributed by atoms with E-state index >= 15 is 0 Å². The molecule has 0 saturated carbocycles. The summed E-state index contributed by atoms with van der Waals surface area (Å²) in [6.45, 7) is 0. The van der Waals surface area contributed by atoms with Gasteiger partial charge in [0, 0.05) is 17.8 Å². The second-order valence-corrected chi connectivity index (χ2v) is 3.58. The molecule has 18 heavy (non-hydrogen) atoms. The third-order valence-corrected chi connectivity index (χ3v) is 2.48. The number of benzene rings is 1. The fourth-order valence-corrected chi connectivity index (χ4v) is 1.53. The fraction of sp³-hybridized carbons (Fsp3) is 0.143. The smallest absolute Gasteiger partial charge is 0.129 e. The minimum atomic E-state index is 0.764. The standard InChI is InChI=1S/C14H14N2O2/c1-17-13-6-4-11(14(9-13)18-2)3-5-12-7-8-15-10-16-12/h3-10H,1-2H3/b5-3+. The van der Waals surface area contributed by atoms with Crippen LogP contribution in [0.3, 0.4) is 0 Å². The van der Waals surface area contributed by atoms with Gasteiger partial charge in [-0.2, -0.15) is 0 Å². The molecule has 0 radical (unpaired) electrons. The highest BCUT2D eigenvalue weighted by molar-refractivity contribution is 5.71.